The van der Waals surface area contributed by atoms with Gasteiger partial charge in [0.1, 0.15) is 5.82 Å². The summed E-state index contributed by atoms with van der Waals surface area (Å²) >= 11 is 0. The van der Waals surface area contributed by atoms with Crippen LogP contribution in [0.5, 0.6) is 0 Å². The number of rotatable bonds is 2. The summed E-state index contributed by atoms with van der Waals surface area (Å²) in [7, 11) is 0. The Morgan fingerprint density at radius 2 is 1.77 bits per heavy atom. The minimum Gasteiger partial charge on any atom is -0.481 e. The number of H-pyrrole nitrogens is 1. The molecule has 1 heterocycles. The van der Waals surface area contributed by atoms with Crippen molar-refractivity contribution >= 4 is 11.8 Å². The molecule has 4 N–H and O–H groups in total. The van der Waals surface area contributed by atoms with E-state index in [4.69, 9.17) is 5.73 Å². The quantitative estimate of drug-likeness (QED) is 0.363. The molecule has 39 heavy (non-hydrogen) atoms. The zero-order chi connectivity index (χ0) is 28.3. The SMILES string of the molecule is C/C=C/C1=C2C3CC(C)(C)C[C@@H](C(=O)O)C3CCC2(C)C2(C)CCC3C(C)(C)c4[nH]nc(N)c4CC3(C)C2C1. The highest BCUT2D eigenvalue weighted by atomic mass is 16.4. The first-order valence-electron chi connectivity index (χ1n) is 15.5. The Morgan fingerprint density at radius 1 is 1.05 bits per heavy atom. The van der Waals surface area contributed by atoms with Gasteiger partial charge in [0.2, 0.25) is 0 Å². The fraction of sp³-hybridized carbons (Fsp3) is 0.765. The Balaban J connectivity index is 1.53. The van der Waals surface area contributed by atoms with Crippen molar-refractivity contribution in [2.75, 3.05) is 5.73 Å². The first kappa shape index (κ1) is 27.1. The van der Waals surface area contributed by atoms with Crippen LogP contribution in [0.15, 0.2) is 23.3 Å². The van der Waals surface area contributed by atoms with Crippen molar-refractivity contribution in [2.45, 2.75) is 112 Å². The van der Waals surface area contributed by atoms with Crippen LogP contribution in [0.1, 0.15) is 112 Å². The molecule has 8 atom stereocenters. The van der Waals surface area contributed by atoms with Gasteiger partial charge in [-0.2, -0.15) is 5.10 Å². The molecule has 6 rings (SSSR count). The van der Waals surface area contributed by atoms with Crippen molar-refractivity contribution in [3.05, 3.63) is 34.6 Å². The van der Waals surface area contributed by atoms with Gasteiger partial charge in [-0.05, 0) is 109 Å². The van der Waals surface area contributed by atoms with E-state index < -0.39 is 5.97 Å². The number of carboxylic acid groups (broad SMARTS) is 1. The van der Waals surface area contributed by atoms with Gasteiger partial charge in [0.15, 0.2) is 0 Å². The second-order valence-electron chi connectivity index (χ2n) is 16.2. The van der Waals surface area contributed by atoms with E-state index in [-0.39, 0.29) is 38.9 Å². The summed E-state index contributed by atoms with van der Waals surface area (Å²) in [6.45, 7) is 19.4. The van der Waals surface area contributed by atoms with Crippen LogP contribution in [0.25, 0.3) is 0 Å². The highest BCUT2D eigenvalue weighted by Crippen LogP contribution is 2.75. The number of carboxylic acids is 1. The molecule has 1 aromatic rings. The van der Waals surface area contributed by atoms with Gasteiger partial charge in [0.25, 0.3) is 0 Å². The lowest BCUT2D eigenvalue weighted by atomic mass is 9.33. The summed E-state index contributed by atoms with van der Waals surface area (Å²) in [6.07, 6.45) is 13.2. The molecule has 0 bridgehead atoms. The van der Waals surface area contributed by atoms with Crippen LogP contribution in [0.3, 0.4) is 0 Å². The number of hydrogen-bond acceptors (Lipinski definition) is 3. The van der Waals surface area contributed by atoms with Crippen LogP contribution in [0.2, 0.25) is 0 Å². The Morgan fingerprint density at radius 3 is 2.44 bits per heavy atom. The van der Waals surface area contributed by atoms with Gasteiger partial charge < -0.3 is 10.8 Å². The van der Waals surface area contributed by atoms with Gasteiger partial charge >= 0.3 is 5.97 Å². The molecule has 0 aliphatic heterocycles. The number of nitrogens with two attached hydrogens (primary N) is 1. The topological polar surface area (TPSA) is 92.0 Å². The fourth-order valence-corrected chi connectivity index (χ4v) is 11.8. The maximum absolute atomic E-state index is 12.6. The molecule has 5 aliphatic carbocycles. The number of aromatic nitrogens is 2. The number of nitrogen functional groups attached to an aromatic ring is 1. The number of nitrogens with one attached hydrogen (secondary N) is 1. The summed E-state index contributed by atoms with van der Waals surface area (Å²) in [5.74, 6) is 1.59. The van der Waals surface area contributed by atoms with Crippen molar-refractivity contribution in [2.24, 2.45) is 51.2 Å². The number of fused-ring (bicyclic) bond motifs is 8. The minimum atomic E-state index is -0.583. The molecule has 0 radical (unpaired) electrons. The molecule has 3 fully saturated rings. The summed E-state index contributed by atoms with van der Waals surface area (Å²) < 4.78 is 0. The van der Waals surface area contributed by atoms with Crippen LogP contribution in [0, 0.1) is 51.2 Å². The van der Waals surface area contributed by atoms with Gasteiger partial charge in [-0.1, -0.05) is 66.2 Å². The fourth-order valence-electron chi connectivity index (χ4n) is 11.8. The Bertz CT molecular complexity index is 1270. The average Bonchev–Trinajstić information content (AvgIpc) is 3.19. The smallest absolute Gasteiger partial charge is 0.306 e. The zero-order valence-corrected chi connectivity index (χ0v) is 25.6. The van der Waals surface area contributed by atoms with Crippen LogP contribution in [-0.4, -0.2) is 21.3 Å². The number of allylic oxidation sites excluding steroid dienone is 4. The third-order valence-electron chi connectivity index (χ3n) is 13.5. The maximum atomic E-state index is 12.6. The summed E-state index contributed by atoms with van der Waals surface area (Å²) in [5, 5.41) is 18.2. The average molecular weight is 534 g/mol. The first-order valence-corrected chi connectivity index (χ1v) is 15.5. The lowest BCUT2D eigenvalue weighted by molar-refractivity contribution is -0.163. The lowest BCUT2D eigenvalue weighted by Crippen LogP contribution is -2.64. The van der Waals surface area contributed by atoms with E-state index in [1.165, 1.54) is 29.7 Å². The van der Waals surface area contributed by atoms with Gasteiger partial charge in [-0.15, -0.1) is 0 Å². The van der Waals surface area contributed by atoms with Gasteiger partial charge in [0, 0.05) is 16.7 Å². The summed E-state index contributed by atoms with van der Waals surface area (Å²) in [4.78, 5) is 12.6. The van der Waals surface area contributed by atoms with Crippen LogP contribution in [-0.2, 0) is 16.6 Å². The molecule has 5 nitrogen and oxygen atoms in total. The lowest BCUT2D eigenvalue weighted by Gasteiger charge is -2.70. The number of aliphatic carboxylic acids is 1. The van der Waals surface area contributed by atoms with Gasteiger partial charge in [-0.3, -0.25) is 9.89 Å². The predicted molar refractivity (Wildman–Crippen MR) is 157 cm³/mol. The van der Waals surface area contributed by atoms with E-state index in [2.05, 4.69) is 77.7 Å². The standard InChI is InChI=1S/C34H51N3O2/c1-9-10-19-15-25-32(6)18-23-27(36-37-28(23)35)31(4,5)24(32)12-14-33(25,7)34(8)13-11-20-21(26(19)34)16-30(2,3)17-22(20)29(38)39/h9-10,20-22,24-25H,11-18H2,1-8H3,(H,38,39)(H3,35,36,37)/b10-9+/t20?,21?,22-,24?,25?,32?,33?,34?/m1/s1. The molecular formula is C34H51N3O2. The van der Waals surface area contributed by atoms with Crippen molar-refractivity contribution in [1.82, 2.24) is 10.2 Å². The molecule has 0 aromatic carbocycles. The van der Waals surface area contributed by atoms with E-state index in [0.29, 0.717) is 23.6 Å². The largest absolute Gasteiger partial charge is 0.481 e. The third kappa shape index (κ3) is 3.43. The number of carbonyl (C=O) groups is 1. The molecule has 0 saturated heterocycles. The normalized spacial score (nSPS) is 44.2. The van der Waals surface area contributed by atoms with E-state index in [0.717, 1.165) is 38.5 Å². The van der Waals surface area contributed by atoms with E-state index in [1.807, 2.05) is 0 Å². The molecule has 5 heteroatoms. The van der Waals surface area contributed by atoms with Crippen LogP contribution >= 0.6 is 0 Å². The van der Waals surface area contributed by atoms with Gasteiger partial charge in [0.05, 0.1) is 5.92 Å². The monoisotopic (exact) mass is 533 g/mol. The highest BCUT2D eigenvalue weighted by Gasteiger charge is 2.68. The highest BCUT2D eigenvalue weighted by molar-refractivity contribution is 5.71. The molecule has 0 spiro atoms. The molecule has 1 aromatic heterocycles. The number of hydrogen-bond donors (Lipinski definition) is 3. The summed E-state index contributed by atoms with van der Waals surface area (Å²) in [5.41, 5.74) is 12.5. The summed E-state index contributed by atoms with van der Waals surface area (Å²) in [6, 6.07) is 0. The van der Waals surface area contributed by atoms with E-state index >= 15 is 0 Å². The number of nitrogens with zero attached hydrogens (tertiary/aromatic N) is 1. The molecule has 3 saturated carbocycles. The van der Waals surface area contributed by atoms with Crippen molar-refractivity contribution in [1.29, 1.82) is 0 Å². The van der Waals surface area contributed by atoms with Crippen molar-refractivity contribution in [3.8, 4) is 0 Å². The van der Waals surface area contributed by atoms with Crippen molar-refractivity contribution < 1.29 is 9.90 Å². The third-order valence-corrected chi connectivity index (χ3v) is 13.5. The second-order valence-corrected chi connectivity index (χ2v) is 16.2. The second kappa shape index (κ2) is 8.26. The predicted octanol–water partition coefficient (Wildman–Crippen LogP) is 7.69. The minimum absolute atomic E-state index is 0.000296. The molecule has 7 unspecified atom stereocenters. The zero-order valence-electron chi connectivity index (χ0n) is 25.6. The molecule has 0 amide bonds. The molecular weight excluding hydrogens is 482 g/mol. The van der Waals surface area contributed by atoms with E-state index in [9.17, 15) is 9.90 Å². The van der Waals surface area contributed by atoms with E-state index in [1.54, 1.807) is 5.57 Å². The van der Waals surface area contributed by atoms with Crippen LogP contribution < -0.4 is 5.73 Å². The number of aromatic amines is 1. The Hall–Kier alpha value is -2.04. The van der Waals surface area contributed by atoms with Gasteiger partial charge in [-0.25, -0.2) is 0 Å². The van der Waals surface area contributed by atoms with Crippen molar-refractivity contribution in [3.63, 3.8) is 0 Å². The molecule has 5 aliphatic rings. The first-order chi connectivity index (χ1) is 18.1. The Kier molecular flexibility index (Phi) is 5.75. The Labute approximate surface area is 235 Å². The maximum Gasteiger partial charge on any atom is 0.306 e. The molecule has 214 valence electrons. The van der Waals surface area contributed by atoms with Crippen LogP contribution in [0.4, 0.5) is 5.82 Å². The number of anilines is 1.